The minimum Gasteiger partial charge on any atom is -0.480 e. The molecule has 4 heteroatoms. The Morgan fingerprint density at radius 2 is 2.14 bits per heavy atom. The van der Waals surface area contributed by atoms with E-state index in [2.05, 4.69) is 11.8 Å². The van der Waals surface area contributed by atoms with Gasteiger partial charge in [-0.25, -0.2) is 0 Å². The van der Waals surface area contributed by atoms with Crippen LogP contribution in [0.5, 0.6) is 0 Å². The molecule has 0 aromatic heterocycles. The van der Waals surface area contributed by atoms with Crippen molar-refractivity contribution in [1.29, 1.82) is 0 Å². The van der Waals surface area contributed by atoms with Crippen LogP contribution in [0.1, 0.15) is 33.6 Å². The van der Waals surface area contributed by atoms with Crippen molar-refractivity contribution in [3.8, 4) is 0 Å². The van der Waals surface area contributed by atoms with E-state index < -0.39 is 11.5 Å². The number of rotatable bonds is 6. The van der Waals surface area contributed by atoms with Crippen molar-refractivity contribution in [2.24, 2.45) is 5.73 Å². The van der Waals surface area contributed by atoms with E-state index in [0.717, 1.165) is 13.0 Å². The molecule has 4 nitrogen and oxygen atoms in total. The molecule has 0 bridgehead atoms. The molecule has 0 radical (unpaired) electrons. The predicted molar refractivity (Wildman–Crippen MR) is 57.2 cm³/mol. The summed E-state index contributed by atoms with van der Waals surface area (Å²) >= 11 is 0. The molecular formula is C10H22N2O2. The van der Waals surface area contributed by atoms with Gasteiger partial charge in [-0.2, -0.15) is 0 Å². The lowest BCUT2D eigenvalue weighted by atomic mass is 9.94. The number of carbonyl (C=O) groups is 1. The Morgan fingerprint density at radius 1 is 1.64 bits per heavy atom. The van der Waals surface area contributed by atoms with Gasteiger partial charge in [0.25, 0.3) is 0 Å². The monoisotopic (exact) mass is 202 g/mol. The van der Waals surface area contributed by atoms with E-state index in [9.17, 15) is 4.79 Å². The van der Waals surface area contributed by atoms with E-state index >= 15 is 0 Å². The minimum atomic E-state index is -1.12. The SMILES string of the molecule is CCCN(C)C(C)CC(C)(N)C(=O)O. The van der Waals surface area contributed by atoms with E-state index in [4.69, 9.17) is 10.8 Å². The Morgan fingerprint density at radius 3 is 2.50 bits per heavy atom. The first-order chi connectivity index (χ1) is 6.31. The van der Waals surface area contributed by atoms with Crippen molar-refractivity contribution >= 4 is 5.97 Å². The van der Waals surface area contributed by atoms with Crippen molar-refractivity contribution in [3.05, 3.63) is 0 Å². The van der Waals surface area contributed by atoms with E-state index in [1.165, 1.54) is 0 Å². The van der Waals surface area contributed by atoms with Gasteiger partial charge >= 0.3 is 5.97 Å². The smallest absolute Gasteiger partial charge is 0.323 e. The second kappa shape index (κ2) is 5.32. The predicted octanol–water partition coefficient (Wildman–Crippen LogP) is 0.909. The molecule has 0 aromatic carbocycles. The molecule has 0 amide bonds. The number of hydrogen-bond acceptors (Lipinski definition) is 3. The number of carboxylic acid groups (broad SMARTS) is 1. The van der Waals surface area contributed by atoms with E-state index in [-0.39, 0.29) is 6.04 Å². The van der Waals surface area contributed by atoms with E-state index in [1.54, 1.807) is 6.92 Å². The lowest BCUT2D eigenvalue weighted by Crippen LogP contribution is -2.49. The average Bonchev–Trinajstić information content (AvgIpc) is 2.03. The molecule has 2 atom stereocenters. The summed E-state index contributed by atoms with van der Waals surface area (Å²) < 4.78 is 0. The highest BCUT2D eigenvalue weighted by Gasteiger charge is 2.30. The van der Waals surface area contributed by atoms with Gasteiger partial charge in [0.2, 0.25) is 0 Å². The van der Waals surface area contributed by atoms with Crippen LogP contribution in [0.2, 0.25) is 0 Å². The van der Waals surface area contributed by atoms with Crippen LogP contribution in [0, 0.1) is 0 Å². The van der Waals surface area contributed by atoms with Gasteiger partial charge in [0, 0.05) is 6.04 Å². The molecule has 0 saturated carbocycles. The number of hydrogen-bond donors (Lipinski definition) is 2. The molecular weight excluding hydrogens is 180 g/mol. The topological polar surface area (TPSA) is 66.6 Å². The molecule has 0 aliphatic heterocycles. The molecule has 14 heavy (non-hydrogen) atoms. The second-order valence-corrected chi connectivity index (χ2v) is 4.26. The summed E-state index contributed by atoms with van der Waals surface area (Å²) in [6, 6.07) is 0.195. The van der Waals surface area contributed by atoms with Crippen LogP contribution >= 0.6 is 0 Å². The third-order valence-electron chi connectivity index (χ3n) is 2.54. The number of nitrogens with zero attached hydrogens (tertiary/aromatic N) is 1. The molecule has 2 unspecified atom stereocenters. The summed E-state index contributed by atoms with van der Waals surface area (Å²) in [6.07, 6.45) is 1.54. The number of carboxylic acids is 1. The van der Waals surface area contributed by atoms with Crippen LogP contribution < -0.4 is 5.73 Å². The molecule has 0 aromatic rings. The first-order valence-electron chi connectivity index (χ1n) is 5.03. The zero-order chi connectivity index (χ0) is 11.4. The van der Waals surface area contributed by atoms with Gasteiger partial charge in [0.1, 0.15) is 5.54 Å². The van der Waals surface area contributed by atoms with Crippen molar-refractivity contribution in [3.63, 3.8) is 0 Å². The fourth-order valence-electron chi connectivity index (χ4n) is 1.43. The molecule has 0 aliphatic carbocycles. The Balaban J connectivity index is 4.16. The molecule has 3 N–H and O–H groups in total. The van der Waals surface area contributed by atoms with Crippen molar-refractivity contribution in [2.45, 2.75) is 45.2 Å². The molecule has 0 aliphatic rings. The van der Waals surface area contributed by atoms with Gasteiger partial charge < -0.3 is 15.7 Å². The van der Waals surface area contributed by atoms with Crippen molar-refractivity contribution in [2.75, 3.05) is 13.6 Å². The summed E-state index contributed by atoms with van der Waals surface area (Å²) in [5, 5.41) is 8.86. The van der Waals surface area contributed by atoms with Gasteiger partial charge in [-0.15, -0.1) is 0 Å². The molecule has 0 spiro atoms. The van der Waals surface area contributed by atoms with Crippen LogP contribution in [0.25, 0.3) is 0 Å². The highest BCUT2D eigenvalue weighted by Crippen LogP contribution is 2.13. The minimum absolute atomic E-state index is 0.195. The summed E-state index contributed by atoms with van der Waals surface area (Å²) in [4.78, 5) is 12.9. The normalized spacial score (nSPS) is 17.9. The Labute approximate surface area is 86.1 Å². The number of aliphatic carboxylic acids is 1. The zero-order valence-corrected chi connectivity index (χ0v) is 9.58. The van der Waals surface area contributed by atoms with Crippen molar-refractivity contribution in [1.82, 2.24) is 4.90 Å². The highest BCUT2D eigenvalue weighted by atomic mass is 16.4. The summed E-state index contributed by atoms with van der Waals surface area (Å²) in [5.41, 5.74) is 4.54. The van der Waals surface area contributed by atoms with Crippen molar-refractivity contribution < 1.29 is 9.90 Å². The molecule has 0 fully saturated rings. The molecule has 0 heterocycles. The quantitative estimate of drug-likeness (QED) is 0.672. The fourth-order valence-corrected chi connectivity index (χ4v) is 1.43. The van der Waals surface area contributed by atoms with E-state index in [0.29, 0.717) is 6.42 Å². The van der Waals surface area contributed by atoms with E-state index in [1.807, 2.05) is 14.0 Å². The third kappa shape index (κ3) is 4.07. The summed E-state index contributed by atoms with van der Waals surface area (Å²) in [7, 11) is 1.99. The van der Waals surface area contributed by atoms with Crippen LogP contribution in [0.3, 0.4) is 0 Å². The highest BCUT2D eigenvalue weighted by molar-refractivity contribution is 5.77. The van der Waals surface area contributed by atoms with Gasteiger partial charge in [-0.3, -0.25) is 4.79 Å². The number of nitrogens with two attached hydrogens (primary N) is 1. The van der Waals surface area contributed by atoms with Crippen LogP contribution in [-0.2, 0) is 4.79 Å². The summed E-state index contributed by atoms with van der Waals surface area (Å²) in [6.45, 7) is 6.63. The average molecular weight is 202 g/mol. The third-order valence-corrected chi connectivity index (χ3v) is 2.54. The van der Waals surface area contributed by atoms with Crippen LogP contribution in [0.4, 0.5) is 0 Å². The van der Waals surface area contributed by atoms with Gasteiger partial charge in [-0.05, 0) is 40.3 Å². The maximum Gasteiger partial charge on any atom is 0.323 e. The van der Waals surface area contributed by atoms with Crippen LogP contribution in [-0.4, -0.2) is 41.1 Å². The summed E-state index contributed by atoms with van der Waals surface area (Å²) in [5.74, 6) is -0.936. The molecule has 84 valence electrons. The zero-order valence-electron chi connectivity index (χ0n) is 9.58. The first kappa shape index (κ1) is 13.4. The van der Waals surface area contributed by atoms with Crippen LogP contribution in [0.15, 0.2) is 0 Å². The maximum absolute atomic E-state index is 10.8. The van der Waals surface area contributed by atoms with Gasteiger partial charge in [0.05, 0.1) is 0 Å². The largest absolute Gasteiger partial charge is 0.480 e. The Bertz CT molecular complexity index is 193. The lowest BCUT2D eigenvalue weighted by molar-refractivity contribution is -0.143. The standard InChI is InChI=1S/C10H22N2O2/c1-5-6-12(4)8(2)7-10(3,11)9(13)14/h8H,5-7,11H2,1-4H3,(H,13,14). The van der Waals surface area contributed by atoms with Gasteiger partial charge in [-0.1, -0.05) is 6.92 Å². The Hall–Kier alpha value is -0.610. The second-order valence-electron chi connectivity index (χ2n) is 4.26. The molecule has 0 rings (SSSR count). The maximum atomic E-state index is 10.8. The first-order valence-corrected chi connectivity index (χ1v) is 5.03. The molecule has 0 saturated heterocycles. The van der Waals surface area contributed by atoms with Gasteiger partial charge in [0.15, 0.2) is 0 Å². The Kier molecular flexibility index (Phi) is 5.08. The fraction of sp³-hybridized carbons (Fsp3) is 0.900. The lowest BCUT2D eigenvalue weighted by Gasteiger charge is -2.29.